The van der Waals surface area contributed by atoms with Gasteiger partial charge in [-0.15, -0.1) is 0 Å². The molecule has 29 heavy (non-hydrogen) atoms. The van der Waals surface area contributed by atoms with Crippen LogP contribution in [0.5, 0.6) is 0 Å². The number of rotatable bonds is 5. The number of aromatic nitrogens is 2. The van der Waals surface area contributed by atoms with Crippen LogP contribution in [0, 0.1) is 30.0 Å². The third-order valence-corrected chi connectivity index (χ3v) is 5.84. The van der Waals surface area contributed by atoms with Crippen LogP contribution >= 0.6 is 11.6 Å². The third kappa shape index (κ3) is 5.04. The summed E-state index contributed by atoms with van der Waals surface area (Å²) in [5.41, 5.74) is 2.01. The zero-order chi connectivity index (χ0) is 21.0. The predicted octanol–water partition coefficient (Wildman–Crippen LogP) is 4.63. The summed E-state index contributed by atoms with van der Waals surface area (Å²) in [4.78, 5) is 12.6. The van der Waals surface area contributed by atoms with E-state index in [1.54, 1.807) is 23.7 Å². The molecule has 1 aromatic heterocycles. The van der Waals surface area contributed by atoms with Crippen molar-refractivity contribution >= 4 is 23.6 Å². The lowest BCUT2D eigenvalue weighted by Gasteiger charge is -2.29. The van der Waals surface area contributed by atoms with E-state index in [1.807, 2.05) is 6.07 Å². The standard InChI is InChI=1S/C22H24ClFN4O/c1-14-5-3-4-6-20(14)26-22(29)17(12-25)11-19-15(2)27-28(21(19)23)13-16-7-9-18(24)10-8-16/h7-11,14,20H,3-6,13H2,1-2H3,(H,26,29)/b17-11+/t14-,20-/m0/s1. The van der Waals surface area contributed by atoms with E-state index in [2.05, 4.69) is 17.3 Å². The Bertz CT molecular complexity index is 958. The second kappa shape index (κ2) is 9.23. The molecular formula is C22H24ClFN4O. The number of amides is 1. The minimum Gasteiger partial charge on any atom is -0.348 e. The normalized spacial score (nSPS) is 19.6. The number of aryl methyl sites for hydroxylation is 1. The van der Waals surface area contributed by atoms with Gasteiger partial charge in [-0.2, -0.15) is 10.4 Å². The highest BCUT2D eigenvalue weighted by molar-refractivity contribution is 6.31. The van der Waals surface area contributed by atoms with Gasteiger partial charge in [0.2, 0.25) is 0 Å². The lowest BCUT2D eigenvalue weighted by atomic mass is 9.86. The molecule has 7 heteroatoms. The first-order valence-electron chi connectivity index (χ1n) is 9.79. The SMILES string of the molecule is Cc1nn(Cc2ccc(F)cc2)c(Cl)c1/C=C(\C#N)C(=O)N[C@H]1CCCC[C@@H]1C. The first-order valence-corrected chi connectivity index (χ1v) is 10.2. The molecule has 152 valence electrons. The number of carbonyl (C=O) groups is 1. The molecule has 1 aromatic carbocycles. The molecule has 5 nitrogen and oxygen atoms in total. The van der Waals surface area contributed by atoms with Crippen LogP contribution in [0.25, 0.3) is 6.08 Å². The van der Waals surface area contributed by atoms with Crippen molar-refractivity contribution in [2.75, 3.05) is 0 Å². The molecule has 0 radical (unpaired) electrons. The van der Waals surface area contributed by atoms with E-state index in [9.17, 15) is 14.4 Å². The van der Waals surface area contributed by atoms with Crippen LogP contribution in [0.4, 0.5) is 4.39 Å². The molecule has 0 saturated heterocycles. The van der Waals surface area contributed by atoms with Gasteiger partial charge in [0.15, 0.2) is 0 Å². The molecule has 1 saturated carbocycles. The lowest BCUT2D eigenvalue weighted by molar-refractivity contribution is -0.118. The summed E-state index contributed by atoms with van der Waals surface area (Å²) in [6, 6.07) is 8.16. The number of nitrogens with zero attached hydrogens (tertiary/aromatic N) is 3. The molecule has 2 aromatic rings. The topological polar surface area (TPSA) is 70.7 Å². The van der Waals surface area contributed by atoms with Crippen molar-refractivity contribution in [1.82, 2.24) is 15.1 Å². The highest BCUT2D eigenvalue weighted by atomic mass is 35.5. The lowest BCUT2D eigenvalue weighted by Crippen LogP contribution is -2.41. The average Bonchev–Trinajstić information content (AvgIpc) is 2.96. The van der Waals surface area contributed by atoms with Crippen molar-refractivity contribution in [3.05, 3.63) is 57.6 Å². The summed E-state index contributed by atoms with van der Waals surface area (Å²) >= 11 is 6.47. The van der Waals surface area contributed by atoms with Gasteiger partial charge in [-0.3, -0.25) is 4.79 Å². The second-order valence-corrected chi connectivity index (χ2v) is 7.94. The van der Waals surface area contributed by atoms with Crippen molar-refractivity contribution < 1.29 is 9.18 Å². The fraction of sp³-hybridized carbons (Fsp3) is 0.409. The molecule has 1 amide bonds. The summed E-state index contributed by atoms with van der Waals surface area (Å²) in [6.45, 7) is 4.26. The van der Waals surface area contributed by atoms with Gasteiger partial charge in [0, 0.05) is 11.6 Å². The largest absolute Gasteiger partial charge is 0.348 e. The van der Waals surface area contributed by atoms with Gasteiger partial charge in [0.25, 0.3) is 5.91 Å². The van der Waals surface area contributed by atoms with Crippen LogP contribution < -0.4 is 5.32 Å². The van der Waals surface area contributed by atoms with Crippen LogP contribution in [0.15, 0.2) is 29.8 Å². The molecule has 1 aliphatic rings. The Hall–Kier alpha value is -2.65. The minimum atomic E-state index is -0.381. The van der Waals surface area contributed by atoms with Crippen molar-refractivity contribution in [3.63, 3.8) is 0 Å². The molecule has 1 fully saturated rings. The highest BCUT2D eigenvalue weighted by Crippen LogP contribution is 2.26. The average molecular weight is 415 g/mol. The van der Waals surface area contributed by atoms with Gasteiger partial charge in [0.05, 0.1) is 12.2 Å². The third-order valence-electron chi connectivity index (χ3n) is 5.44. The van der Waals surface area contributed by atoms with Gasteiger partial charge in [0.1, 0.15) is 22.6 Å². The molecule has 0 aliphatic heterocycles. The maximum absolute atomic E-state index is 13.1. The van der Waals surface area contributed by atoms with E-state index < -0.39 is 0 Å². The van der Waals surface area contributed by atoms with E-state index in [-0.39, 0.29) is 23.3 Å². The Morgan fingerprint density at radius 2 is 2.07 bits per heavy atom. The van der Waals surface area contributed by atoms with E-state index in [4.69, 9.17) is 11.6 Å². The summed E-state index contributed by atoms with van der Waals surface area (Å²) < 4.78 is 14.7. The molecular weight excluding hydrogens is 391 g/mol. The van der Waals surface area contributed by atoms with Crippen molar-refractivity contribution in [3.8, 4) is 6.07 Å². The first kappa shape index (κ1) is 21.1. The smallest absolute Gasteiger partial charge is 0.262 e. The first-order chi connectivity index (χ1) is 13.9. The monoisotopic (exact) mass is 414 g/mol. The molecule has 0 unspecified atom stereocenters. The number of nitrogens with one attached hydrogen (secondary N) is 1. The summed E-state index contributed by atoms with van der Waals surface area (Å²) in [5, 5.41) is 17.3. The zero-order valence-corrected chi connectivity index (χ0v) is 17.3. The molecule has 1 N–H and O–H groups in total. The maximum atomic E-state index is 13.1. The summed E-state index contributed by atoms with van der Waals surface area (Å²) in [5.74, 6) is -0.290. The molecule has 1 heterocycles. The molecule has 3 rings (SSSR count). The van der Waals surface area contributed by atoms with Gasteiger partial charge in [-0.05, 0) is 49.5 Å². The van der Waals surface area contributed by atoms with Crippen LogP contribution in [-0.4, -0.2) is 21.7 Å². The van der Waals surface area contributed by atoms with Gasteiger partial charge >= 0.3 is 0 Å². The predicted molar refractivity (Wildman–Crippen MR) is 111 cm³/mol. The highest BCUT2D eigenvalue weighted by Gasteiger charge is 2.24. The van der Waals surface area contributed by atoms with Crippen molar-refractivity contribution in [2.45, 2.75) is 52.1 Å². The van der Waals surface area contributed by atoms with Crippen LogP contribution in [0.3, 0.4) is 0 Å². The van der Waals surface area contributed by atoms with Crippen molar-refractivity contribution in [1.29, 1.82) is 5.26 Å². The van der Waals surface area contributed by atoms with Crippen LogP contribution in [0.1, 0.15) is 49.4 Å². The Kier molecular flexibility index (Phi) is 6.71. The zero-order valence-electron chi connectivity index (χ0n) is 16.6. The van der Waals surface area contributed by atoms with E-state index >= 15 is 0 Å². The van der Waals surface area contributed by atoms with Gasteiger partial charge in [-0.1, -0.05) is 43.5 Å². The van der Waals surface area contributed by atoms with E-state index in [1.165, 1.54) is 24.6 Å². The minimum absolute atomic E-state index is 0.00843. The Balaban J connectivity index is 1.80. The molecule has 2 atom stereocenters. The quantitative estimate of drug-likeness (QED) is 0.572. The molecule has 0 spiro atoms. The Morgan fingerprint density at radius 3 is 2.72 bits per heavy atom. The Morgan fingerprint density at radius 1 is 1.38 bits per heavy atom. The Labute approximate surface area is 175 Å². The van der Waals surface area contributed by atoms with Gasteiger partial charge in [-0.25, -0.2) is 9.07 Å². The summed E-state index contributed by atoms with van der Waals surface area (Å²) in [6.07, 6.45) is 5.77. The van der Waals surface area contributed by atoms with Crippen LogP contribution in [-0.2, 0) is 11.3 Å². The summed E-state index contributed by atoms with van der Waals surface area (Å²) in [7, 11) is 0. The number of hydrogen-bond donors (Lipinski definition) is 1. The number of hydrogen-bond acceptors (Lipinski definition) is 3. The fourth-order valence-electron chi connectivity index (χ4n) is 3.67. The van der Waals surface area contributed by atoms with E-state index in [0.717, 1.165) is 24.8 Å². The van der Waals surface area contributed by atoms with Crippen LogP contribution in [0.2, 0.25) is 5.15 Å². The molecule has 1 aliphatic carbocycles. The second-order valence-electron chi connectivity index (χ2n) is 7.59. The van der Waals surface area contributed by atoms with Gasteiger partial charge < -0.3 is 5.32 Å². The number of benzene rings is 1. The van der Waals surface area contributed by atoms with Crippen molar-refractivity contribution in [2.24, 2.45) is 5.92 Å². The fourth-order valence-corrected chi connectivity index (χ4v) is 3.96. The number of halogens is 2. The molecule has 0 bridgehead atoms. The maximum Gasteiger partial charge on any atom is 0.262 e. The van der Waals surface area contributed by atoms with E-state index in [0.29, 0.717) is 28.9 Å². The number of nitriles is 1. The number of carbonyl (C=O) groups excluding carboxylic acids is 1.